The van der Waals surface area contributed by atoms with Crippen molar-refractivity contribution in [1.29, 1.82) is 0 Å². The Morgan fingerprint density at radius 1 is 1.11 bits per heavy atom. The summed E-state index contributed by atoms with van der Waals surface area (Å²) in [5, 5.41) is 11.3. The minimum atomic E-state index is 0.0661. The third-order valence-electron chi connectivity index (χ3n) is 6.88. The molecule has 2 fully saturated rings. The number of piperidine rings is 1. The number of hydrogen-bond acceptors (Lipinski definition) is 3. The molecule has 28 heavy (non-hydrogen) atoms. The Morgan fingerprint density at radius 3 is 2.68 bits per heavy atom. The van der Waals surface area contributed by atoms with E-state index in [1.165, 1.54) is 5.56 Å². The van der Waals surface area contributed by atoms with E-state index in [2.05, 4.69) is 35.8 Å². The molecule has 1 N–H and O–H groups in total. The molecule has 0 unspecified atom stereocenters. The lowest BCUT2D eigenvalue weighted by atomic mass is 9.65. The zero-order valence-corrected chi connectivity index (χ0v) is 18.0. The molecule has 2 aliphatic rings. The molecule has 0 saturated carbocycles. The van der Waals surface area contributed by atoms with Crippen LogP contribution in [0.1, 0.15) is 31.4 Å². The van der Waals surface area contributed by atoms with Crippen LogP contribution in [0.2, 0.25) is 10.0 Å². The fourth-order valence-corrected chi connectivity index (χ4v) is 5.33. The number of halogens is 2. The van der Waals surface area contributed by atoms with Crippen molar-refractivity contribution in [1.82, 2.24) is 9.80 Å². The van der Waals surface area contributed by atoms with Crippen LogP contribution < -0.4 is 0 Å². The Hall–Kier alpha value is -1.26. The van der Waals surface area contributed by atoms with E-state index in [1.807, 2.05) is 24.3 Å². The highest BCUT2D eigenvalue weighted by atomic mass is 35.5. The van der Waals surface area contributed by atoms with Crippen LogP contribution in [-0.2, 0) is 12.0 Å². The quantitative estimate of drug-likeness (QED) is 0.743. The van der Waals surface area contributed by atoms with Crippen LogP contribution in [0.25, 0.3) is 0 Å². The maximum absolute atomic E-state index is 9.99. The Balaban J connectivity index is 1.51. The van der Waals surface area contributed by atoms with Gasteiger partial charge in [-0.3, -0.25) is 9.80 Å². The summed E-state index contributed by atoms with van der Waals surface area (Å²) in [4.78, 5) is 5.14. The van der Waals surface area contributed by atoms with E-state index >= 15 is 0 Å². The Morgan fingerprint density at radius 2 is 1.89 bits per heavy atom. The molecule has 2 aromatic carbocycles. The number of phenolic OH excluding ortho intramolecular Hbond substituents is 1. The summed E-state index contributed by atoms with van der Waals surface area (Å²) in [6, 6.07) is 14.2. The van der Waals surface area contributed by atoms with E-state index in [4.69, 9.17) is 23.2 Å². The van der Waals surface area contributed by atoms with Crippen LogP contribution in [-0.4, -0.2) is 47.1 Å². The number of fused-ring (bicyclic) bond motifs is 1. The van der Waals surface area contributed by atoms with Gasteiger partial charge < -0.3 is 5.11 Å². The molecule has 0 aliphatic carbocycles. The van der Waals surface area contributed by atoms with Gasteiger partial charge in [0, 0.05) is 38.8 Å². The average molecular weight is 419 g/mol. The molecule has 3 nitrogen and oxygen atoms in total. The molecule has 0 radical (unpaired) electrons. The Kier molecular flexibility index (Phi) is 5.63. The normalized spacial score (nSPS) is 28.9. The SMILES string of the molecule is C[C@H]1CN2CCN(Cc3cccc(Cl)c3Cl)C[C@H]2C[C@@]1(C)c1cccc(O)c1. The molecule has 2 saturated heterocycles. The van der Waals surface area contributed by atoms with Crippen LogP contribution in [0, 0.1) is 5.92 Å². The standard InChI is InChI=1S/C23H28Cl2N2O/c1-16-13-27-10-9-26(14-17-5-3-8-21(24)22(17)25)15-19(27)12-23(16,2)18-6-4-7-20(28)11-18/h3-8,11,16,19,28H,9-10,12-15H2,1-2H3/t16-,19+,23+/m0/s1. The summed E-state index contributed by atoms with van der Waals surface area (Å²) in [5.74, 6) is 0.897. The number of nitrogens with zero attached hydrogens (tertiary/aromatic N) is 2. The van der Waals surface area contributed by atoms with Gasteiger partial charge in [0.25, 0.3) is 0 Å². The highest BCUT2D eigenvalue weighted by Crippen LogP contribution is 2.43. The first-order valence-corrected chi connectivity index (χ1v) is 10.8. The molecule has 2 aliphatic heterocycles. The second-order valence-corrected chi connectivity index (χ2v) is 9.45. The van der Waals surface area contributed by atoms with Gasteiger partial charge in [0.1, 0.15) is 5.75 Å². The van der Waals surface area contributed by atoms with Crippen LogP contribution in [0.4, 0.5) is 0 Å². The van der Waals surface area contributed by atoms with Gasteiger partial charge in [-0.05, 0) is 47.1 Å². The predicted octanol–water partition coefficient (Wildman–Crippen LogP) is 5.18. The highest BCUT2D eigenvalue weighted by molar-refractivity contribution is 6.42. The van der Waals surface area contributed by atoms with Crippen molar-refractivity contribution >= 4 is 23.2 Å². The largest absolute Gasteiger partial charge is 0.508 e. The molecule has 5 heteroatoms. The third kappa shape index (κ3) is 3.78. The van der Waals surface area contributed by atoms with Crippen LogP contribution in [0.3, 0.4) is 0 Å². The van der Waals surface area contributed by atoms with E-state index in [0.717, 1.165) is 44.7 Å². The topological polar surface area (TPSA) is 26.7 Å². The van der Waals surface area contributed by atoms with Crippen LogP contribution in [0.15, 0.2) is 42.5 Å². The van der Waals surface area contributed by atoms with E-state index in [1.54, 1.807) is 6.07 Å². The molecule has 2 aromatic rings. The van der Waals surface area contributed by atoms with Crippen molar-refractivity contribution in [2.45, 2.75) is 38.3 Å². The minimum Gasteiger partial charge on any atom is -0.508 e. The lowest BCUT2D eigenvalue weighted by molar-refractivity contribution is -0.00556. The monoisotopic (exact) mass is 418 g/mol. The number of aromatic hydroxyl groups is 1. The molecule has 0 amide bonds. The zero-order chi connectivity index (χ0) is 19.9. The van der Waals surface area contributed by atoms with E-state index < -0.39 is 0 Å². The summed E-state index contributed by atoms with van der Waals surface area (Å²) in [6.07, 6.45) is 1.09. The van der Waals surface area contributed by atoms with Crippen molar-refractivity contribution in [3.05, 3.63) is 63.6 Å². The Bertz CT molecular complexity index is 858. The molecular formula is C23H28Cl2N2O. The van der Waals surface area contributed by atoms with Crippen LogP contribution >= 0.6 is 23.2 Å². The predicted molar refractivity (Wildman–Crippen MR) is 116 cm³/mol. The number of hydrogen-bond donors (Lipinski definition) is 1. The van der Waals surface area contributed by atoms with E-state index in [-0.39, 0.29) is 5.41 Å². The summed E-state index contributed by atoms with van der Waals surface area (Å²) in [7, 11) is 0. The molecule has 0 spiro atoms. The molecule has 0 aromatic heterocycles. The fourth-order valence-electron chi connectivity index (χ4n) is 4.95. The fraction of sp³-hybridized carbons (Fsp3) is 0.478. The second kappa shape index (κ2) is 7.87. The maximum Gasteiger partial charge on any atom is 0.115 e. The summed E-state index contributed by atoms with van der Waals surface area (Å²) >= 11 is 12.6. The summed E-state index contributed by atoms with van der Waals surface area (Å²) < 4.78 is 0. The molecule has 150 valence electrons. The van der Waals surface area contributed by atoms with Crippen molar-refractivity contribution < 1.29 is 5.11 Å². The maximum atomic E-state index is 9.99. The zero-order valence-electron chi connectivity index (χ0n) is 16.5. The first-order valence-electron chi connectivity index (χ1n) is 10.1. The van der Waals surface area contributed by atoms with Gasteiger partial charge in [-0.1, -0.05) is 61.3 Å². The van der Waals surface area contributed by atoms with Gasteiger partial charge in [-0.15, -0.1) is 0 Å². The van der Waals surface area contributed by atoms with Crippen LogP contribution in [0.5, 0.6) is 5.75 Å². The Labute approximate surface area is 177 Å². The first-order chi connectivity index (χ1) is 13.4. The number of piperazine rings is 1. The van der Waals surface area contributed by atoms with Crippen molar-refractivity contribution in [3.8, 4) is 5.75 Å². The van der Waals surface area contributed by atoms with Gasteiger partial charge in [0.05, 0.1) is 10.0 Å². The van der Waals surface area contributed by atoms with E-state index in [9.17, 15) is 5.11 Å². The number of phenols is 1. The van der Waals surface area contributed by atoms with Crippen molar-refractivity contribution in [3.63, 3.8) is 0 Å². The van der Waals surface area contributed by atoms with Gasteiger partial charge in [0.2, 0.25) is 0 Å². The molecule has 0 bridgehead atoms. The molecule has 3 atom stereocenters. The molecule has 2 heterocycles. The number of benzene rings is 2. The minimum absolute atomic E-state index is 0.0661. The lowest BCUT2D eigenvalue weighted by Crippen LogP contribution is -2.60. The lowest BCUT2D eigenvalue weighted by Gasteiger charge is -2.53. The van der Waals surface area contributed by atoms with Gasteiger partial charge in [0.15, 0.2) is 0 Å². The third-order valence-corrected chi connectivity index (χ3v) is 7.73. The first kappa shape index (κ1) is 20.0. The van der Waals surface area contributed by atoms with Gasteiger partial charge >= 0.3 is 0 Å². The van der Waals surface area contributed by atoms with Gasteiger partial charge in [-0.2, -0.15) is 0 Å². The van der Waals surface area contributed by atoms with Gasteiger partial charge in [-0.25, -0.2) is 0 Å². The molecular weight excluding hydrogens is 391 g/mol. The van der Waals surface area contributed by atoms with Crippen molar-refractivity contribution in [2.75, 3.05) is 26.2 Å². The average Bonchev–Trinajstić information content (AvgIpc) is 2.66. The summed E-state index contributed by atoms with van der Waals surface area (Å²) in [6.45, 7) is 9.81. The smallest absolute Gasteiger partial charge is 0.115 e. The molecule has 4 rings (SSSR count). The number of rotatable bonds is 3. The van der Waals surface area contributed by atoms with Crippen molar-refractivity contribution in [2.24, 2.45) is 5.92 Å². The highest BCUT2D eigenvalue weighted by Gasteiger charge is 2.44. The second-order valence-electron chi connectivity index (χ2n) is 8.67. The summed E-state index contributed by atoms with van der Waals surface area (Å²) in [5.41, 5.74) is 2.41. The van der Waals surface area contributed by atoms with E-state index in [0.29, 0.717) is 27.8 Å².